The highest BCUT2D eigenvalue weighted by Gasteiger charge is 2.15. The molecule has 0 bridgehead atoms. The normalized spacial score (nSPS) is 16.0. The van der Waals surface area contributed by atoms with Gasteiger partial charge in [0.1, 0.15) is 5.82 Å². The lowest BCUT2D eigenvalue weighted by Crippen LogP contribution is -2.24. The van der Waals surface area contributed by atoms with Gasteiger partial charge < -0.3 is 4.98 Å². The van der Waals surface area contributed by atoms with E-state index in [0.717, 1.165) is 49.3 Å². The van der Waals surface area contributed by atoms with E-state index in [1.807, 2.05) is 0 Å². The Morgan fingerprint density at radius 2 is 1.84 bits per heavy atom. The van der Waals surface area contributed by atoms with Crippen LogP contribution < -0.4 is 0 Å². The quantitative estimate of drug-likeness (QED) is 0.743. The zero-order chi connectivity index (χ0) is 17.2. The first-order valence-electron chi connectivity index (χ1n) is 9.12. The standard InChI is InChI=1S/C22H25N3/c1-16-13-20-21(14-17(16)2)24-22(23-20)19-9-6-11-25(12-10-19)15-18-7-4-3-5-8-18/h3-5,7-9,13-14H,6,10-12,15H2,1-2H3,(H,23,24). The molecule has 3 heteroatoms. The summed E-state index contributed by atoms with van der Waals surface area (Å²) in [5.41, 5.74) is 7.57. The summed E-state index contributed by atoms with van der Waals surface area (Å²) in [5, 5.41) is 0. The average molecular weight is 331 g/mol. The lowest BCUT2D eigenvalue weighted by atomic mass is 10.1. The smallest absolute Gasteiger partial charge is 0.134 e. The molecule has 1 aliphatic heterocycles. The Morgan fingerprint density at radius 1 is 1.04 bits per heavy atom. The minimum atomic E-state index is 1.03. The number of benzene rings is 2. The first-order chi connectivity index (χ1) is 12.2. The molecule has 3 nitrogen and oxygen atoms in total. The number of aromatic nitrogens is 2. The van der Waals surface area contributed by atoms with Crippen molar-refractivity contribution in [3.8, 4) is 0 Å². The van der Waals surface area contributed by atoms with Crippen LogP contribution in [-0.2, 0) is 6.54 Å². The third-order valence-electron chi connectivity index (χ3n) is 5.18. The predicted molar refractivity (Wildman–Crippen MR) is 104 cm³/mol. The van der Waals surface area contributed by atoms with E-state index in [9.17, 15) is 0 Å². The number of aryl methyl sites for hydroxylation is 2. The number of fused-ring (bicyclic) bond motifs is 1. The van der Waals surface area contributed by atoms with E-state index in [2.05, 4.69) is 72.3 Å². The third-order valence-corrected chi connectivity index (χ3v) is 5.18. The Kier molecular flexibility index (Phi) is 4.41. The van der Waals surface area contributed by atoms with Crippen LogP contribution in [0.25, 0.3) is 16.6 Å². The Morgan fingerprint density at radius 3 is 2.68 bits per heavy atom. The number of nitrogens with one attached hydrogen (secondary N) is 1. The van der Waals surface area contributed by atoms with Crippen molar-refractivity contribution in [2.24, 2.45) is 0 Å². The number of rotatable bonds is 3. The van der Waals surface area contributed by atoms with Gasteiger partial charge in [-0.3, -0.25) is 4.90 Å². The molecule has 0 aliphatic carbocycles. The van der Waals surface area contributed by atoms with E-state index in [-0.39, 0.29) is 0 Å². The van der Waals surface area contributed by atoms with Crippen molar-refractivity contribution in [2.45, 2.75) is 33.2 Å². The maximum Gasteiger partial charge on any atom is 0.134 e. The molecule has 0 unspecified atom stereocenters. The van der Waals surface area contributed by atoms with Crippen molar-refractivity contribution in [1.82, 2.24) is 14.9 Å². The molecular formula is C22H25N3. The average Bonchev–Trinajstić information content (AvgIpc) is 2.86. The molecule has 0 spiro atoms. The lowest BCUT2D eigenvalue weighted by molar-refractivity contribution is 0.281. The summed E-state index contributed by atoms with van der Waals surface area (Å²) >= 11 is 0. The van der Waals surface area contributed by atoms with Crippen LogP contribution in [0.15, 0.2) is 48.5 Å². The fourth-order valence-corrected chi connectivity index (χ4v) is 3.55. The lowest BCUT2D eigenvalue weighted by Gasteiger charge is -2.19. The van der Waals surface area contributed by atoms with Crippen molar-refractivity contribution >= 4 is 16.6 Å². The van der Waals surface area contributed by atoms with Gasteiger partial charge in [0, 0.05) is 19.6 Å². The van der Waals surface area contributed by atoms with Crippen LogP contribution in [0.1, 0.15) is 35.4 Å². The molecule has 1 aromatic heterocycles. The fraction of sp³-hybridized carbons (Fsp3) is 0.318. The molecule has 2 aromatic carbocycles. The van der Waals surface area contributed by atoms with E-state index in [4.69, 9.17) is 4.98 Å². The Hall–Kier alpha value is -2.39. The van der Waals surface area contributed by atoms with E-state index < -0.39 is 0 Å². The Labute approximate surface area is 149 Å². The molecule has 2 heterocycles. The summed E-state index contributed by atoms with van der Waals surface area (Å²) in [6, 6.07) is 15.1. The molecule has 0 amide bonds. The summed E-state index contributed by atoms with van der Waals surface area (Å²) in [4.78, 5) is 10.9. The van der Waals surface area contributed by atoms with Crippen LogP contribution in [0.2, 0.25) is 0 Å². The van der Waals surface area contributed by atoms with Gasteiger partial charge in [0.25, 0.3) is 0 Å². The van der Waals surface area contributed by atoms with Crippen LogP contribution >= 0.6 is 0 Å². The molecule has 3 aromatic rings. The van der Waals surface area contributed by atoms with Crippen LogP contribution in [0.5, 0.6) is 0 Å². The van der Waals surface area contributed by atoms with Crippen molar-refractivity contribution in [2.75, 3.05) is 13.1 Å². The minimum Gasteiger partial charge on any atom is -0.338 e. The van der Waals surface area contributed by atoms with E-state index in [1.165, 1.54) is 22.3 Å². The van der Waals surface area contributed by atoms with E-state index in [1.54, 1.807) is 0 Å². The number of H-pyrrole nitrogens is 1. The summed E-state index contributed by atoms with van der Waals surface area (Å²) < 4.78 is 0. The maximum atomic E-state index is 4.85. The first-order valence-corrected chi connectivity index (χ1v) is 9.12. The second kappa shape index (κ2) is 6.85. The van der Waals surface area contributed by atoms with Gasteiger partial charge in [-0.1, -0.05) is 36.4 Å². The molecule has 0 radical (unpaired) electrons. The van der Waals surface area contributed by atoms with Crippen LogP contribution in [-0.4, -0.2) is 28.0 Å². The highest BCUT2D eigenvalue weighted by Crippen LogP contribution is 2.25. The van der Waals surface area contributed by atoms with Gasteiger partial charge in [-0.2, -0.15) is 0 Å². The van der Waals surface area contributed by atoms with Gasteiger partial charge in [-0.15, -0.1) is 0 Å². The predicted octanol–water partition coefficient (Wildman–Crippen LogP) is 4.86. The van der Waals surface area contributed by atoms with Gasteiger partial charge in [0.15, 0.2) is 0 Å². The number of nitrogens with zero attached hydrogens (tertiary/aromatic N) is 2. The first kappa shape index (κ1) is 16.1. The monoisotopic (exact) mass is 331 g/mol. The second-order valence-electron chi connectivity index (χ2n) is 7.07. The zero-order valence-electron chi connectivity index (χ0n) is 15.0. The van der Waals surface area contributed by atoms with Crippen molar-refractivity contribution in [3.05, 3.63) is 71.1 Å². The minimum absolute atomic E-state index is 1.03. The highest BCUT2D eigenvalue weighted by molar-refractivity contribution is 5.80. The Balaban J connectivity index is 1.50. The topological polar surface area (TPSA) is 31.9 Å². The number of hydrogen-bond donors (Lipinski definition) is 1. The summed E-state index contributed by atoms with van der Waals surface area (Å²) in [7, 11) is 0. The summed E-state index contributed by atoms with van der Waals surface area (Å²) in [5.74, 6) is 1.04. The summed E-state index contributed by atoms with van der Waals surface area (Å²) in [6.45, 7) is 7.52. The molecule has 1 N–H and O–H groups in total. The van der Waals surface area contributed by atoms with Gasteiger partial charge in [0.2, 0.25) is 0 Å². The summed E-state index contributed by atoms with van der Waals surface area (Å²) in [6.07, 6.45) is 4.49. The van der Waals surface area contributed by atoms with Gasteiger partial charge >= 0.3 is 0 Å². The van der Waals surface area contributed by atoms with Crippen LogP contribution in [0.4, 0.5) is 0 Å². The van der Waals surface area contributed by atoms with Gasteiger partial charge in [-0.05, 0) is 61.1 Å². The van der Waals surface area contributed by atoms with Gasteiger partial charge in [-0.25, -0.2) is 4.98 Å². The van der Waals surface area contributed by atoms with Crippen LogP contribution in [0, 0.1) is 13.8 Å². The largest absolute Gasteiger partial charge is 0.338 e. The van der Waals surface area contributed by atoms with E-state index >= 15 is 0 Å². The highest BCUT2D eigenvalue weighted by atomic mass is 15.1. The molecule has 1 aliphatic rings. The molecule has 0 saturated heterocycles. The SMILES string of the molecule is Cc1cc2nc(C3=CCCN(Cc4ccccc4)CC3)[nH]c2cc1C. The molecule has 0 fully saturated rings. The molecule has 4 rings (SSSR count). The third kappa shape index (κ3) is 3.52. The van der Waals surface area contributed by atoms with Crippen molar-refractivity contribution in [1.29, 1.82) is 0 Å². The van der Waals surface area contributed by atoms with Crippen molar-refractivity contribution in [3.63, 3.8) is 0 Å². The van der Waals surface area contributed by atoms with E-state index in [0.29, 0.717) is 0 Å². The van der Waals surface area contributed by atoms with Crippen molar-refractivity contribution < 1.29 is 0 Å². The fourth-order valence-electron chi connectivity index (χ4n) is 3.55. The van der Waals surface area contributed by atoms with Crippen LogP contribution in [0.3, 0.4) is 0 Å². The number of imidazole rings is 1. The molecule has 0 saturated carbocycles. The molecule has 25 heavy (non-hydrogen) atoms. The molecular weight excluding hydrogens is 306 g/mol. The van der Waals surface area contributed by atoms with Gasteiger partial charge in [0.05, 0.1) is 11.0 Å². The molecule has 128 valence electrons. The maximum absolute atomic E-state index is 4.85. The second-order valence-corrected chi connectivity index (χ2v) is 7.07. The number of aromatic amines is 1. The zero-order valence-corrected chi connectivity index (χ0v) is 15.0. The Bertz CT molecular complexity index is 867. The molecule has 0 atom stereocenters. The number of hydrogen-bond acceptors (Lipinski definition) is 2.